The van der Waals surface area contributed by atoms with E-state index in [0.29, 0.717) is 0 Å². The molecule has 0 radical (unpaired) electrons. The Hall–Kier alpha value is -1.12. The van der Waals surface area contributed by atoms with Gasteiger partial charge in [0.25, 0.3) is 0 Å². The fourth-order valence-electron chi connectivity index (χ4n) is 0.704. The van der Waals surface area contributed by atoms with E-state index >= 15 is 0 Å². The van der Waals surface area contributed by atoms with Gasteiger partial charge < -0.3 is 0 Å². The molecule has 6 heteroatoms. The Balaban J connectivity index is 3.19. The molecule has 0 bridgehead atoms. The molecule has 0 spiro atoms. The number of sulfone groups is 1. The number of hydrogen-bond donors (Lipinski definition) is 0. The summed E-state index contributed by atoms with van der Waals surface area (Å²) in [5, 5.41) is 8.35. The van der Waals surface area contributed by atoms with Crippen molar-refractivity contribution < 1.29 is 8.42 Å². The van der Waals surface area contributed by atoms with Crippen LogP contribution in [0.1, 0.15) is 0 Å². The van der Waals surface area contributed by atoms with Crippen molar-refractivity contribution >= 4 is 21.4 Å². The second-order valence-corrected chi connectivity index (χ2v) is 4.91. The van der Waals surface area contributed by atoms with Crippen LogP contribution in [0, 0.1) is 11.3 Å². The minimum atomic E-state index is -3.75. The number of hydrogen-bond acceptors (Lipinski definition) is 4. The molecule has 0 aliphatic carbocycles. The smallest absolute Gasteiger partial charge is 0.225 e. The van der Waals surface area contributed by atoms with Crippen molar-refractivity contribution in [3.05, 3.63) is 24.5 Å². The van der Waals surface area contributed by atoms with Crippen LogP contribution in [-0.2, 0) is 9.84 Å². The highest BCUT2D eigenvalue weighted by Crippen LogP contribution is 2.16. The van der Waals surface area contributed by atoms with Crippen LogP contribution in [-0.4, -0.2) is 18.1 Å². The lowest BCUT2D eigenvalue weighted by Gasteiger charge is -2.01. The first kappa shape index (κ1) is 9.96. The Morgan fingerprint density at radius 3 is 2.77 bits per heavy atom. The van der Waals surface area contributed by atoms with Crippen LogP contribution in [0.3, 0.4) is 0 Å². The molecule has 0 amide bonds. The van der Waals surface area contributed by atoms with E-state index in [-0.39, 0.29) is 4.90 Å². The van der Waals surface area contributed by atoms with E-state index in [0.717, 1.165) is 6.20 Å². The summed E-state index contributed by atoms with van der Waals surface area (Å²) in [5.41, 5.74) is 0. The fourth-order valence-corrected chi connectivity index (χ4v) is 1.87. The van der Waals surface area contributed by atoms with Crippen molar-refractivity contribution in [2.75, 3.05) is 0 Å². The van der Waals surface area contributed by atoms with Crippen molar-refractivity contribution in [1.29, 1.82) is 5.26 Å². The third-order valence-corrected chi connectivity index (χ3v) is 3.69. The summed E-state index contributed by atoms with van der Waals surface area (Å²) >= 11 is 5.31. The van der Waals surface area contributed by atoms with Gasteiger partial charge in [-0.3, -0.25) is 4.98 Å². The minimum absolute atomic E-state index is 0.0449. The van der Waals surface area contributed by atoms with Crippen LogP contribution in [0.5, 0.6) is 0 Å². The molecule has 1 aromatic heterocycles. The molecular formula is C7H5ClN2O2S. The lowest BCUT2D eigenvalue weighted by atomic mass is 10.5. The van der Waals surface area contributed by atoms with Crippen molar-refractivity contribution in [3.8, 4) is 6.07 Å². The van der Waals surface area contributed by atoms with E-state index in [9.17, 15) is 8.42 Å². The van der Waals surface area contributed by atoms with Crippen LogP contribution in [0.15, 0.2) is 29.4 Å². The predicted molar refractivity (Wildman–Crippen MR) is 46.7 cm³/mol. The van der Waals surface area contributed by atoms with Gasteiger partial charge in [0, 0.05) is 12.4 Å². The number of halogens is 1. The van der Waals surface area contributed by atoms with E-state index in [1.54, 1.807) is 0 Å². The molecule has 0 saturated heterocycles. The third-order valence-electron chi connectivity index (χ3n) is 1.34. The average Bonchev–Trinajstić information content (AvgIpc) is 2.18. The molecule has 0 aliphatic heterocycles. The number of aromatic nitrogens is 1. The van der Waals surface area contributed by atoms with E-state index in [1.165, 1.54) is 24.4 Å². The van der Waals surface area contributed by atoms with Crippen LogP contribution < -0.4 is 0 Å². The monoisotopic (exact) mass is 216 g/mol. The van der Waals surface area contributed by atoms with Crippen molar-refractivity contribution in [3.63, 3.8) is 0 Å². The molecule has 0 aromatic carbocycles. The molecule has 68 valence electrons. The van der Waals surface area contributed by atoms with E-state index in [1.807, 2.05) is 0 Å². The highest BCUT2D eigenvalue weighted by Gasteiger charge is 2.24. The Morgan fingerprint density at radius 1 is 1.62 bits per heavy atom. The number of pyridine rings is 1. The summed E-state index contributed by atoms with van der Waals surface area (Å²) in [6, 6.07) is 4.26. The largest absolute Gasteiger partial charge is 0.263 e. The van der Waals surface area contributed by atoms with Crippen LogP contribution >= 0.6 is 11.6 Å². The van der Waals surface area contributed by atoms with Crippen LogP contribution in [0.4, 0.5) is 0 Å². The van der Waals surface area contributed by atoms with Crippen molar-refractivity contribution in [1.82, 2.24) is 4.98 Å². The molecule has 1 aromatic rings. The second kappa shape index (κ2) is 3.73. The van der Waals surface area contributed by atoms with E-state index < -0.39 is 14.5 Å². The fraction of sp³-hybridized carbons (Fsp3) is 0.143. The normalized spacial score (nSPS) is 13.2. The zero-order valence-electron chi connectivity index (χ0n) is 6.38. The van der Waals surface area contributed by atoms with Gasteiger partial charge in [0.2, 0.25) is 14.5 Å². The van der Waals surface area contributed by atoms with E-state index in [4.69, 9.17) is 16.9 Å². The van der Waals surface area contributed by atoms with Gasteiger partial charge in [0.1, 0.15) is 0 Å². The molecular weight excluding hydrogens is 212 g/mol. The second-order valence-electron chi connectivity index (χ2n) is 2.18. The summed E-state index contributed by atoms with van der Waals surface area (Å²) < 4.78 is 21.2. The first-order valence-corrected chi connectivity index (χ1v) is 5.25. The standard InChI is InChI=1S/C7H5ClN2O2S/c8-7(4-9)13(11,12)6-2-1-3-10-5-6/h1-3,5,7H. The molecule has 0 N–H and O–H groups in total. The predicted octanol–water partition coefficient (Wildman–Crippen LogP) is 0.944. The Labute approximate surface area is 80.7 Å². The SMILES string of the molecule is N#CC(Cl)S(=O)(=O)c1cccnc1. The lowest BCUT2D eigenvalue weighted by Crippen LogP contribution is -2.13. The molecule has 0 aliphatic rings. The summed E-state index contributed by atoms with van der Waals surface area (Å²) in [4.78, 5) is 3.58. The topological polar surface area (TPSA) is 70.8 Å². The van der Waals surface area contributed by atoms with Gasteiger partial charge >= 0.3 is 0 Å². The van der Waals surface area contributed by atoms with Crippen molar-refractivity contribution in [2.45, 2.75) is 9.60 Å². The lowest BCUT2D eigenvalue weighted by molar-refractivity contribution is 0.596. The third kappa shape index (κ3) is 1.97. The summed E-state index contributed by atoms with van der Waals surface area (Å²) in [5.74, 6) is 0. The number of nitriles is 1. The number of nitrogens with zero attached hydrogens (tertiary/aromatic N) is 2. The molecule has 13 heavy (non-hydrogen) atoms. The first-order chi connectivity index (χ1) is 6.09. The van der Waals surface area contributed by atoms with Gasteiger partial charge in [-0.1, -0.05) is 11.6 Å². The molecule has 1 rings (SSSR count). The summed E-state index contributed by atoms with van der Waals surface area (Å²) in [7, 11) is -3.75. The quantitative estimate of drug-likeness (QED) is 0.690. The van der Waals surface area contributed by atoms with Gasteiger partial charge in [-0.25, -0.2) is 8.42 Å². The van der Waals surface area contributed by atoms with Gasteiger partial charge in [-0.15, -0.1) is 0 Å². The molecule has 1 heterocycles. The van der Waals surface area contributed by atoms with Gasteiger partial charge in [0.05, 0.1) is 11.0 Å². The maximum Gasteiger partial charge on any atom is 0.225 e. The van der Waals surface area contributed by atoms with Gasteiger partial charge in [-0.2, -0.15) is 5.26 Å². The molecule has 1 atom stereocenters. The maximum absolute atomic E-state index is 11.4. The molecule has 4 nitrogen and oxygen atoms in total. The summed E-state index contributed by atoms with van der Waals surface area (Å²) in [6.07, 6.45) is 2.59. The number of rotatable bonds is 2. The average molecular weight is 217 g/mol. The molecule has 0 fully saturated rings. The van der Waals surface area contributed by atoms with Crippen LogP contribution in [0.2, 0.25) is 0 Å². The highest BCUT2D eigenvalue weighted by molar-refractivity contribution is 7.93. The summed E-state index contributed by atoms with van der Waals surface area (Å²) in [6.45, 7) is 0. The number of alkyl halides is 1. The van der Waals surface area contributed by atoms with Crippen LogP contribution in [0.25, 0.3) is 0 Å². The minimum Gasteiger partial charge on any atom is -0.263 e. The van der Waals surface area contributed by atoms with Crippen molar-refractivity contribution in [2.24, 2.45) is 0 Å². The van der Waals surface area contributed by atoms with Gasteiger partial charge in [0.15, 0.2) is 0 Å². The molecule has 0 saturated carbocycles. The first-order valence-electron chi connectivity index (χ1n) is 3.26. The Morgan fingerprint density at radius 2 is 2.31 bits per heavy atom. The highest BCUT2D eigenvalue weighted by atomic mass is 35.5. The van der Waals surface area contributed by atoms with E-state index in [2.05, 4.69) is 4.98 Å². The zero-order valence-corrected chi connectivity index (χ0v) is 7.96. The zero-order chi connectivity index (χ0) is 9.90. The Bertz CT molecular complexity index is 424. The molecule has 1 unspecified atom stereocenters. The van der Waals surface area contributed by atoms with Gasteiger partial charge in [-0.05, 0) is 12.1 Å². The maximum atomic E-state index is 11.4. The Kier molecular flexibility index (Phi) is 2.86.